The Morgan fingerprint density at radius 2 is 0.211 bits per heavy atom. The summed E-state index contributed by atoms with van der Waals surface area (Å²) in [6, 6.07) is 0. The van der Waals surface area contributed by atoms with E-state index >= 15 is 0 Å². The van der Waals surface area contributed by atoms with Gasteiger partial charge in [0.2, 0.25) is 0 Å². The minimum Gasteiger partial charge on any atom is -0.855 e. The molecule has 0 amide bonds. The average Bonchev–Trinajstić information content (AvgIpc) is 2.75. The van der Waals surface area contributed by atoms with Gasteiger partial charge in [0.25, 0.3) is 0 Å². The van der Waals surface area contributed by atoms with Crippen LogP contribution in [0.1, 0.15) is 83.1 Å². The Hall–Kier alpha value is 0.897. The van der Waals surface area contributed by atoms with Crippen LogP contribution in [0.15, 0.2) is 0 Å². The van der Waals surface area contributed by atoms with E-state index in [2.05, 4.69) is 0 Å². The molecule has 0 fully saturated rings. The smallest absolute Gasteiger partial charge is 0.855 e. The largest absolute Gasteiger partial charge is 6.00 e. The molecule has 0 radical (unpaired) electrons. The van der Waals surface area contributed by atoms with Crippen LogP contribution >= 0.6 is 0 Å². The maximum absolute atomic E-state index is 8.93. The summed E-state index contributed by atoms with van der Waals surface area (Å²) < 4.78 is 0. The zero-order chi connectivity index (χ0) is 32.5. The molecule has 0 saturated heterocycles. The van der Waals surface area contributed by atoms with E-state index in [9.17, 15) is 0 Å². The molecule has 0 aliphatic carbocycles. The van der Waals surface area contributed by atoms with Gasteiger partial charge in [0.15, 0.2) is 0 Å². The summed E-state index contributed by atoms with van der Waals surface area (Å²) in [5.74, 6) is 0. The molecule has 0 N–H and O–H groups in total. The second-order valence-corrected chi connectivity index (χ2v) is 3.46. The van der Waals surface area contributed by atoms with Crippen molar-refractivity contribution < 1.29 is 103 Å². The summed E-state index contributed by atoms with van der Waals surface area (Å²) in [5.41, 5.74) is 0. The molecule has 38 heavy (non-hydrogen) atoms. The third-order valence-corrected chi connectivity index (χ3v) is 0. The fourth-order valence-corrected chi connectivity index (χ4v) is 0. The van der Waals surface area contributed by atoms with Crippen molar-refractivity contribution in [2.45, 2.75) is 83.1 Å². The summed E-state index contributed by atoms with van der Waals surface area (Å²) in [6.07, 6.45) is 0. The van der Waals surface area contributed by atoms with Gasteiger partial charge in [-0.15, -0.1) is 79.3 Å². The number of rotatable bonds is 0. The molecular formula is C24H60MoO12W. The topological polar surface area (TPSA) is 277 Å². The predicted molar refractivity (Wildman–Crippen MR) is 126 cm³/mol. The standard InChI is InChI=1S/12C2H5O.Mo.W/c12*1-2-3;;/h12*2H2,1H3;;/q12*-1;2*+6. The Kier molecular flexibility index (Phi) is 736. The SMILES string of the molecule is CC[O-].CC[O-].CC[O-].CC[O-].CC[O-].CC[O-].CC[O-].CC[O-].CC[O-].CC[O-].CC[O-].CC[O-].[Mo+6].[W+6]. The minimum absolute atomic E-state index is 0. The summed E-state index contributed by atoms with van der Waals surface area (Å²) >= 11 is 0. The van der Waals surface area contributed by atoms with E-state index in [1.165, 1.54) is 0 Å². The molecule has 0 atom stereocenters. The van der Waals surface area contributed by atoms with Gasteiger partial charge in [-0.1, -0.05) is 83.1 Å². The van der Waals surface area contributed by atoms with Gasteiger partial charge >= 0.3 is 42.1 Å². The van der Waals surface area contributed by atoms with Crippen molar-refractivity contribution in [3.63, 3.8) is 0 Å². The van der Waals surface area contributed by atoms with Crippen molar-refractivity contribution in [2.75, 3.05) is 79.3 Å². The molecule has 0 unspecified atom stereocenters. The fourth-order valence-electron chi connectivity index (χ4n) is 0. The van der Waals surface area contributed by atoms with Crippen LogP contribution in [0.4, 0.5) is 0 Å². The summed E-state index contributed by atoms with van der Waals surface area (Å²) in [5, 5.41) is 107. The van der Waals surface area contributed by atoms with E-state index in [-0.39, 0.29) is 121 Å². The van der Waals surface area contributed by atoms with Gasteiger partial charge in [-0.2, -0.15) is 0 Å². The fraction of sp³-hybridized carbons (Fsp3) is 1.00. The van der Waals surface area contributed by atoms with Crippen molar-refractivity contribution in [1.82, 2.24) is 0 Å². The van der Waals surface area contributed by atoms with Gasteiger partial charge in [-0.05, 0) is 0 Å². The van der Waals surface area contributed by atoms with Crippen molar-refractivity contribution >= 4 is 0 Å². The van der Waals surface area contributed by atoms with Gasteiger partial charge in [-0.25, -0.2) is 0 Å². The van der Waals surface area contributed by atoms with Gasteiger partial charge in [0.1, 0.15) is 0 Å². The normalized spacial score (nSPS) is 5.68. The van der Waals surface area contributed by atoms with Gasteiger partial charge in [0, 0.05) is 0 Å². The molecule has 12 nitrogen and oxygen atoms in total. The Bertz CT molecular complexity index is 89.4. The first-order valence-electron chi connectivity index (χ1n) is 11.9. The summed E-state index contributed by atoms with van der Waals surface area (Å²) in [7, 11) is 0. The average molecular weight is 821 g/mol. The Morgan fingerprint density at radius 3 is 0.211 bits per heavy atom. The molecule has 0 spiro atoms. The number of hydrogen-bond donors (Lipinski definition) is 0. The second kappa shape index (κ2) is 310. The summed E-state index contributed by atoms with van der Waals surface area (Å²) in [4.78, 5) is 0. The molecule has 0 aliphatic heterocycles. The first-order chi connectivity index (χ1) is 17.0. The first-order valence-corrected chi connectivity index (χ1v) is 11.9. The van der Waals surface area contributed by atoms with E-state index in [1.54, 1.807) is 83.1 Å². The summed E-state index contributed by atoms with van der Waals surface area (Å²) in [6.45, 7) is 18.8. The van der Waals surface area contributed by atoms with Gasteiger partial charge in [-0.3, -0.25) is 0 Å². The van der Waals surface area contributed by atoms with Crippen LogP contribution in [-0.2, 0) is 42.1 Å². The van der Waals surface area contributed by atoms with Crippen LogP contribution in [0.2, 0.25) is 0 Å². The van der Waals surface area contributed by atoms with E-state index in [0.717, 1.165) is 0 Å². The van der Waals surface area contributed by atoms with Crippen LogP contribution in [0.3, 0.4) is 0 Å². The maximum Gasteiger partial charge on any atom is 6.00 e. The molecule has 0 aromatic rings. The Labute approximate surface area is 265 Å². The number of hydrogen-bond acceptors (Lipinski definition) is 12. The molecule has 0 rings (SSSR count). The van der Waals surface area contributed by atoms with Crippen molar-refractivity contribution in [2.24, 2.45) is 0 Å². The van der Waals surface area contributed by atoms with Crippen LogP contribution in [0, 0.1) is 0 Å². The van der Waals surface area contributed by atoms with E-state index in [1.807, 2.05) is 0 Å². The predicted octanol–water partition coefficient (Wildman–Crippen LogP) is -7.61. The third kappa shape index (κ3) is 59100. The van der Waals surface area contributed by atoms with Crippen LogP contribution in [0.5, 0.6) is 0 Å². The first kappa shape index (κ1) is 90.1. The molecule has 0 saturated carbocycles. The molecule has 0 aliphatic rings. The van der Waals surface area contributed by atoms with Crippen LogP contribution < -0.4 is 61.3 Å². The van der Waals surface area contributed by atoms with E-state index in [0.29, 0.717) is 0 Å². The van der Waals surface area contributed by atoms with Crippen molar-refractivity contribution in [3.8, 4) is 0 Å². The molecule has 240 valence electrons. The molecule has 0 heterocycles. The third-order valence-electron chi connectivity index (χ3n) is 0. The minimum atomic E-state index is 0. The van der Waals surface area contributed by atoms with Crippen LogP contribution in [-0.4, -0.2) is 79.3 Å². The molecule has 0 bridgehead atoms. The van der Waals surface area contributed by atoms with Crippen LogP contribution in [0.25, 0.3) is 0 Å². The zero-order valence-electron chi connectivity index (χ0n) is 26.2. The van der Waals surface area contributed by atoms with E-state index < -0.39 is 0 Å². The van der Waals surface area contributed by atoms with Gasteiger partial charge in [0.05, 0.1) is 0 Å². The quantitative estimate of drug-likeness (QED) is 0.206. The van der Waals surface area contributed by atoms with Crippen molar-refractivity contribution in [3.05, 3.63) is 0 Å². The molecule has 0 aromatic carbocycles. The second-order valence-electron chi connectivity index (χ2n) is 3.46. The molecular weight excluding hydrogens is 760 g/mol. The molecule has 14 heteroatoms. The zero-order valence-corrected chi connectivity index (χ0v) is 31.1. The van der Waals surface area contributed by atoms with Gasteiger partial charge < -0.3 is 61.3 Å². The Balaban J connectivity index is -0.0000000137. The Morgan fingerprint density at radius 1 is 0.211 bits per heavy atom. The van der Waals surface area contributed by atoms with E-state index in [4.69, 9.17) is 61.3 Å². The monoisotopic (exact) mass is 822 g/mol. The molecule has 0 aromatic heterocycles. The maximum atomic E-state index is 8.93. The van der Waals surface area contributed by atoms with Crippen molar-refractivity contribution in [1.29, 1.82) is 0 Å².